The molecule has 29 heavy (non-hydrogen) atoms. The van der Waals surface area contributed by atoms with E-state index >= 15 is 0 Å². The van der Waals surface area contributed by atoms with Crippen molar-refractivity contribution in [1.82, 2.24) is 15.0 Å². The van der Waals surface area contributed by atoms with Crippen LogP contribution in [0.15, 0.2) is 54.9 Å². The van der Waals surface area contributed by atoms with Crippen LogP contribution in [-0.4, -0.2) is 36.2 Å². The maximum Gasteiger partial charge on any atom is 0.163 e. The largest absolute Gasteiger partial charge is 0.496 e. The highest BCUT2D eigenvalue weighted by Crippen LogP contribution is 2.38. The van der Waals surface area contributed by atoms with Crippen LogP contribution in [0.4, 0.5) is 10.2 Å². The number of halogens is 1. The normalized spacial score (nSPS) is 10.8. The molecule has 4 aromatic rings. The molecule has 0 saturated heterocycles. The lowest BCUT2D eigenvalue weighted by molar-refractivity contribution is 0.412. The second kappa shape index (κ2) is 7.71. The molecule has 0 atom stereocenters. The Bertz CT molecular complexity index is 1180. The minimum Gasteiger partial charge on any atom is -0.496 e. The Kier molecular flexibility index (Phi) is 4.95. The van der Waals surface area contributed by atoms with E-state index < -0.39 is 0 Å². The third kappa shape index (κ3) is 3.42. The first-order valence-corrected chi connectivity index (χ1v) is 8.96. The number of hydrogen-bond donors (Lipinski definition) is 1. The van der Waals surface area contributed by atoms with Crippen molar-refractivity contribution in [3.8, 4) is 34.0 Å². The fraction of sp³-hybridized carbons (Fsp3) is 0.136. The van der Waals surface area contributed by atoms with Crippen LogP contribution in [0, 0.1) is 5.82 Å². The molecule has 0 spiro atoms. The average Bonchev–Trinajstić information content (AvgIpc) is 2.78. The number of ether oxygens (including phenoxy) is 2. The van der Waals surface area contributed by atoms with E-state index in [-0.39, 0.29) is 5.82 Å². The second-order valence-electron chi connectivity index (χ2n) is 6.31. The van der Waals surface area contributed by atoms with Crippen LogP contribution in [-0.2, 0) is 0 Å². The second-order valence-corrected chi connectivity index (χ2v) is 6.31. The van der Waals surface area contributed by atoms with E-state index in [1.807, 2.05) is 24.3 Å². The molecule has 0 bridgehead atoms. The zero-order chi connectivity index (χ0) is 20.4. The van der Waals surface area contributed by atoms with Gasteiger partial charge in [0.2, 0.25) is 0 Å². The van der Waals surface area contributed by atoms with Crippen LogP contribution in [0.3, 0.4) is 0 Å². The number of fused-ring (bicyclic) bond motifs is 1. The number of nitrogens with zero attached hydrogens (tertiary/aromatic N) is 3. The quantitative estimate of drug-likeness (QED) is 0.539. The molecule has 6 nitrogen and oxygen atoms in total. The maximum atomic E-state index is 13.6. The Labute approximate surface area is 167 Å². The van der Waals surface area contributed by atoms with Gasteiger partial charge in [0, 0.05) is 42.0 Å². The molecule has 0 amide bonds. The molecule has 0 aliphatic rings. The number of pyridine rings is 1. The van der Waals surface area contributed by atoms with E-state index in [0.29, 0.717) is 28.7 Å². The summed E-state index contributed by atoms with van der Waals surface area (Å²) in [7, 11) is 4.90. The summed E-state index contributed by atoms with van der Waals surface area (Å²) >= 11 is 0. The third-order valence-electron chi connectivity index (χ3n) is 4.62. The number of nitrogens with one attached hydrogen (secondary N) is 1. The molecule has 0 aliphatic heterocycles. The van der Waals surface area contributed by atoms with Crippen LogP contribution in [0.25, 0.3) is 33.4 Å². The molecule has 2 aromatic heterocycles. The van der Waals surface area contributed by atoms with E-state index in [4.69, 9.17) is 14.5 Å². The molecular formula is C22H19FN4O2. The highest BCUT2D eigenvalue weighted by Gasteiger charge is 2.16. The number of hydrogen-bond acceptors (Lipinski definition) is 6. The predicted octanol–water partition coefficient (Wildman–Crippen LogP) is 4.56. The Morgan fingerprint density at radius 1 is 0.931 bits per heavy atom. The van der Waals surface area contributed by atoms with Crippen molar-refractivity contribution in [1.29, 1.82) is 0 Å². The monoisotopic (exact) mass is 390 g/mol. The van der Waals surface area contributed by atoms with Gasteiger partial charge in [-0.2, -0.15) is 0 Å². The molecule has 2 heterocycles. The summed E-state index contributed by atoms with van der Waals surface area (Å²) < 4.78 is 24.6. The van der Waals surface area contributed by atoms with Gasteiger partial charge in [-0.3, -0.25) is 4.98 Å². The van der Waals surface area contributed by atoms with Crippen molar-refractivity contribution >= 4 is 16.7 Å². The summed E-state index contributed by atoms with van der Waals surface area (Å²) in [6.07, 6.45) is 3.41. The molecule has 4 rings (SSSR count). The highest BCUT2D eigenvalue weighted by atomic mass is 19.1. The van der Waals surface area contributed by atoms with Gasteiger partial charge in [-0.1, -0.05) is 0 Å². The number of aromatic nitrogens is 3. The fourth-order valence-electron chi connectivity index (χ4n) is 3.23. The van der Waals surface area contributed by atoms with Crippen LogP contribution in [0.1, 0.15) is 0 Å². The van der Waals surface area contributed by atoms with Gasteiger partial charge in [0.1, 0.15) is 28.7 Å². The number of methoxy groups -OCH3 is 2. The van der Waals surface area contributed by atoms with Gasteiger partial charge >= 0.3 is 0 Å². The summed E-state index contributed by atoms with van der Waals surface area (Å²) in [6.45, 7) is 0. The van der Waals surface area contributed by atoms with Crippen LogP contribution in [0.2, 0.25) is 0 Å². The van der Waals surface area contributed by atoms with E-state index in [2.05, 4.69) is 15.3 Å². The van der Waals surface area contributed by atoms with E-state index in [0.717, 1.165) is 22.1 Å². The summed E-state index contributed by atoms with van der Waals surface area (Å²) in [6, 6.07) is 12.0. The van der Waals surface area contributed by atoms with Crippen molar-refractivity contribution in [3.05, 3.63) is 60.7 Å². The predicted molar refractivity (Wildman–Crippen MR) is 111 cm³/mol. The van der Waals surface area contributed by atoms with Crippen LogP contribution in [0.5, 0.6) is 11.5 Å². The van der Waals surface area contributed by atoms with Gasteiger partial charge in [0.15, 0.2) is 5.82 Å². The Balaban J connectivity index is 1.98. The van der Waals surface area contributed by atoms with Crippen molar-refractivity contribution in [2.75, 3.05) is 26.6 Å². The van der Waals surface area contributed by atoms with Crippen LogP contribution >= 0.6 is 0 Å². The molecule has 1 N–H and O–H groups in total. The van der Waals surface area contributed by atoms with Gasteiger partial charge in [0.05, 0.1) is 14.2 Å². The van der Waals surface area contributed by atoms with Crippen molar-refractivity contribution in [2.24, 2.45) is 0 Å². The molecular weight excluding hydrogens is 371 g/mol. The first kappa shape index (κ1) is 18.6. The number of benzene rings is 2. The summed E-state index contributed by atoms with van der Waals surface area (Å²) in [5, 5.41) is 3.91. The molecule has 0 unspecified atom stereocenters. The Morgan fingerprint density at radius 3 is 2.45 bits per heavy atom. The van der Waals surface area contributed by atoms with Crippen LogP contribution < -0.4 is 14.8 Å². The van der Waals surface area contributed by atoms with Crippen molar-refractivity contribution < 1.29 is 13.9 Å². The first-order valence-electron chi connectivity index (χ1n) is 8.96. The molecule has 0 aliphatic carbocycles. The lowest BCUT2D eigenvalue weighted by Gasteiger charge is -2.15. The maximum absolute atomic E-state index is 13.6. The molecule has 0 saturated carbocycles. The van der Waals surface area contributed by atoms with Gasteiger partial charge in [-0.15, -0.1) is 0 Å². The first-order chi connectivity index (χ1) is 14.1. The number of anilines is 1. The van der Waals surface area contributed by atoms with Gasteiger partial charge in [0.25, 0.3) is 0 Å². The lowest BCUT2D eigenvalue weighted by Crippen LogP contribution is -2.01. The smallest absolute Gasteiger partial charge is 0.163 e. The topological polar surface area (TPSA) is 69.2 Å². The molecule has 2 aromatic carbocycles. The van der Waals surface area contributed by atoms with Crippen molar-refractivity contribution in [2.45, 2.75) is 0 Å². The average molecular weight is 390 g/mol. The summed E-state index contributed by atoms with van der Waals surface area (Å²) in [5.41, 5.74) is 3.01. The summed E-state index contributed by atoms with van der Waals surface area (Å²) in [5.74, 6) is 1.84. The standard InChI is InChI=1S/C22H19FN4O2/c1-24-22-17-9-14(16-7-6-15(23)11-18(16)28-2)10-19(29-3)20(17)26-21(27-22)13-5-4-8-25-12-13/h4-12H,1-3H3,(H,24,26,27). The Hall–Kier alpha value is -3.74. The van der Waals surface area contributed by atoms with Gasteiger partial charge < -0.3 is 14.8 Å². The molecule has 0 fully saturated rings. The third-order valence-corrected chi connectivity index (χ3v) is 4.62. The molecule has 146 valence electrons. The summed E-state index contributed by atoms with van der Waals surface area (Å²) in [4.78, 5) is 13.5. The fourth-order valence-corrected chi connectivity index (χ4v) is 3.23. The lowest BCUT2D eigenvalue weighted by atomic mass is 10.0. The zero-order valence-corrected chi connectivity index (χ0v) is 16.2. The van der Waals surface area contributed by atoms with E-state index in [1.54, 1.807) is 32.6 Å². The minimum absolute atomic E-state index is 0.362. The van der Waals surface area contributed by atoms with Crippen molar-refractivity contribution in [3.63, 3.8) is 0 Å². The highest BCUT2D eigenvalue weighted by molar-refractivity contribution is 5.98. The Morgan fingerprint density at radius 2 is 1.76 bits per heavy atom. The molecule has 7 heteroatoms. The SMILES string of the molecule is CNc1nc(-c2cccnc2)nc2c(OC)cc(-c3ccc(F)cc3OC)cc12. The van der Waals surface area contributed by atoms with E-state index in [9.17, 15) is 4.39 Å². The minimum atomic E-state index is -0.362. The van der Waals surface area contributed by atoms with Gasteiger partial charge in [-0.25, -0.2) is 14.4 Å². The van der Waals surface area contributed by atoms with Gasteiger partial charge in [-0.05, 0) is 42.0 Å². The number of rotatable bonds is 5. The molecule has 0 radical (unpaired) electrons. The van der Waals surface area contributed by atoms with E-state index in [1.165, 1.54) is 19.2 Å². The zero-order valence-electron chi connectivity index (χ0n) is 16.2.